The predicted molar refractivity (Wildman–Crippen MR) is 76.6 cm³/mol. The van der Waals surface area contributed by atoms with Crippen molar-refractivity contribution in [1.29, 1.82) is 0 Å². The van der Waals surface area contributed by atoms with Crippen molar-refractivity contribution in [3.8, 4) is 0 Å². The fraction of sp³-hybridized carbons (Fsp3) is 0.556. The van der Waals surface area contributed by atoms with Crippen LogP contribution in [0.25, 0.3) is 0 Å². The number of aromatic nitrogens is 2. The lowest BCUT2D eigenvalue weighted by atomic mass is 10.1. The highest BCUT2D eigenvalue weighted by Gasteiger charge is 2.27. The Morgan fingerprint density at radius 2 is 1.78 bits per heavy atom. The zero-order valence-electron chi connectivity index (χ0n) is 11.5. The monoisotopic (exact) mass is 356 g/mol. The number of phosphoric ester groups is 1. The number of H-pyrrole nitrogens is 2. The van der Waals surface area contributed by atoms with Crippen LogP contribution in [0.1, 0.15) is 0 Å². The average Bonchev–Trinajstić information content (AvgIpc) is 2.44. The first-order valence-electron chi connectivity index (χ1n) is 6.11. The summed E-state index contributed by atoms with van der Waals surface area (Å²) in [6.07, 6.45) is -5.26. The first kappa shape index (κ1) is 19.3. The van der Waals surface area contributed by atoms with Crippen molar-refractivity contribution in [1.82, 2.24) is 9.97 Å². The molecule has 132 valence electrons. The molecule has 13 nitrogen and oxygen atoms in total. The summed E-state index contributed by atoms with van der Waals surface area (Å²) in [4.78, 5) is 43.3. The third-order valence-electron chi connectivity index (χ3n) is 2.67. The number of hydrogen-bond acceptors (Lipinski definition) is 9. The second kappa shape index (κ2) is 7.70. The molecule has 23 heavy (non-hydrogen) atoms. The van der Waals surface area contributed by atoms with Crippen molar-refractivity contribution < 1.29 is 34.2 Å². The molecule has 0 aliphatic carbocycles. The highest BCUT2D eigenvalue weighted by molar-refractivity contribution is 7.46. The molecule has 3 atom stereocenters. The number of aliphatic hydroxyl groups is 3. The molecule has 0 saturated heterocycles. The van der Waals surface area contributed by atoms with Gasteiger partial charge in [0.1, 0.15) is 23.7 Å². The fourth-order valence-corrected chi connectivity index (χ4v) is 1.84. The van der Waals surface area contributed by atoms with E-state index in [2.05, 4.69) is 14.8 Å². The molecular formula is C9H17N4O9P. The van der Waals surface area contributed by atoms with Crippen molar-refractivity contribution >= 4 is 19.3 Å². The Hall–Kier alpha value is -1.73. The topological polar surface area (TPSA) is 231 Å². The van der Waals surface area contributed by atoms with E-state index in [9.17, 15) is 29.5 Å². The molecule has 10 N–H and O–H groups in total. The Morgan fingerprint density at radius 3 is 2.35 bits per heavy atom. The van der Waals surface area contributed by atoms with Crippen LogP contribution in [-0.4, -0.2) is 66.5 Å². The van der Waals surface area contributed by atoms with Gasteiger partial charge in [0, 0.05) is 6.54 Å². The number of hydrogen-bond donors (Lipinski definition) is 9. The van der Waals surface area contributed by atoms with Crippen LogP contribution < -0.4 is 22.3 Å². The Kier molecular flexibility index (Phi) is 6.47. The summed E-state index contributed by atoms with van der Waals surface area (Å²) in [5, 5.41) is 31.1. The van der Waals surface area contributed by atoms with Crippen molar-refractivity contribution in [2.45, 2.75) is 18.3 Å². The van der Waals surface area contributed by atoms with E-state index in [-0.39, 0.29) is 11.5 Å². The minimum Gasteiger partial charge on any atom is -0.391 e. The zero-order valence-corrected chi connectivity index (χ0v) is 12.4. The van der Waals surface area contributed by atoms with Gasteiger partial charge < -0.3 is 36.2 Å². The number of aromatic amines is 2. The van der Waals surface area contributed by atoms with Crippen LogP contribution in [0.15, 0.2) is 9.59 Å². The molecule has 0 bridgehead atoms. The number of nitrogens with one attached hydrogen (secondary N) is 3. The maximum atomic E-state index is 11.2. The van der Waals surface area contributed by atoms with E-state index in [0.29, 0.717) is 0 Å². The van der Waals surface area contributed by atoms with Crippen LogP contribution in [0.4, 0.5) is 11.5 Å². The molecule has 0 aliphatic rings. The highest BCUT2D eigenvalue weighted by atomic mass is 31.2. The van der Waals surface area contributed by atoms with E-state index in [1.165, 1.54) is 0 Å². The lowest BCUT2D eigenvalue weighted by Gasteiger charge is -2.23. The summed E-state index contributed by atoms with van der Waals surface area (Å²) in [6.45, 7) is -1.37. The molecule has 14 heteroatoms. The molecule has 1 aromatic heterocycles. The second-order valence-electron chi connectivity index (χ2n) is 4.49. The Labute approximate surface area is 128 Å². The van der Waals surface area contributed by atoms with Crippen LogP contribution >= 0.6 is 7.82 Å². The van der Waals surface area contributed by atoms with Gasteiger partial charge in [-0.1, -0.05) is 0 Å². The maximum absolute atomic E-state index is 11.2. The summed E-state index contributed by atoms with van der Waals surface area (Å²) < 4.78 is 14.5. The minimum atomic E-state index is -4.83. The lowest BCUT2D eigenvalue weighted by Crippen LogP contribution is -2.43. The quantitative estimate of drug-likeness (QED) is 0.205. The fourth-order valence-electron chi connectivity index (χ4n) is 1.49. The zero-order chi connectivity index (χ0) is 17.8. The van der Waals surface area contributed by atoms with Gasteiger partial charge in [-0.3, -0.25) is 19.3 Å². The van der Waals surface area contributed by atoms with Crippen LogP contribution in [0, 0.1) is 0 Å². The van der Waals surface area contributed by atoms with E-state index in [1.54, 1.807) is 0 Å². The lowest BCUT2D eigenvalue weighted by molar-refractivity contribution is -0.0705. The summed E-state index contributed by atoms with van der Waals surface area (Å²) in [5.41, 5.74) is 3.32. The van der Waals surface area contributed by atoms with E-state index in [1.807, 2.05) is 4.98 Å². The minimum absolute atomic E-state index is 0.203. The highest BCUT2D eigenvalue weighted by Crippen LogP contribution is 2.35. The molecule has 1 aromatic rings. The normalized spacial score (nSPS) is 15.9. The van der Waals surface area contributed by atoms with Crippen molar-refractivity contribution in [2.24, 2.45) is 0 Å². The standard InChI is InChI=1S/C9H17N4O9P/c10-5-7(12-9(18)13-8(5)17)11-1-3(14)6(16)4(15)2-22-23(19,20)21/h3-4,6,14-16H,1-2,10H2,(H2,19,20,21)(H3,11,12,13,17,18). The van der Waals surface area contributed by atoms with Gasteiger partial charge in [0.15, 0.2) is 0 Å². The molecule has 0 amide bonds. The van der Waals surface area contributed by atoms with Gasteiger partial charge in [-0.2, -0.15) is 0 Å². The number of anilines is 2. The predicted octanol–water partition coefficient (Wildman–Crippen LogP) is -3.75. The SMILES string of the molecule is Nc1c(NCC(O)C(O)C(O)COP(=O)(O)O)[nH]c(=O)[nH]c1=O. The first-order valence-corrected chi connectivity index (χ1v) is 7.64. The van der Waals surface area contributed by atoms with E-state index < -0.39 is 50.5 Å². The number of nitrogens with two attached hydrogens (primary N) is 1. The van der Waals surface area contributed by atoms with Crippen LogP contribution in [0.5, 0.6) is 0 Å². The molecule has 0 radical (unpaired) electrons. The first-order chi connectivity index (χ1) is 10.5. The van der Waals surface area contributed by atoms with E-state index in [0.717, 1.165) is 0 Å². The molecule has 3 unspecified atom stereocenters. The molecule has 0 aromatic carbocycles. The van der Waals surface area contributed by atoms with E-state index >= 15 is 0 Å². The smallest absolute Gasteiger partial charge is 0.391 e. The largest absolute Gasteiger partial charge is 0.469 e. The van der Waals surface area contributed by atoms with Gasteiger partial charge in [-0.05, 0) is 0 Å². The third-order valence-corrected chi connectivity index (χ3v) is 3.15. The third kappa shape index (κ3) is 6.11. The second-order valence-corrected chi connectivity index (χ2v) is 5.73. The van der Waals surface area contributed by atoms with Crippen molar-refractivity contribution in [3.63, 3.8) is 0 Å². The van der Waals surface area contributed by atoms with Crippen LogP contribution in [0.3, 0.4) is 0 Å². The van der Waals surface area contributed by atoms with Gasteiger partial charge in [-0.15, -0.1) is 0 Å². The number of phosphoric acid groups is 1. The van der Waals surface area contributed by atoms with Gasteiger partial charge >= 0.3 is 13.5 Å². The molecule has 0 saturated carbocycles. The summed E-state index contributed by atoms with van der Waals surface area (Å²) in [6, 6.07) is 0. The molecular weight excluding hydrogens is 339 g/mol. The number of rotatable bonds is 8. The average molecular weight is 356 g/mol. The van der Waals surface area contributed by atoms with Gasteiger partial charge in [0.05, 0.1) is 12.7 Å². The molecule has 0 aliphatic heterocycles. The summed E-state index contributed by atoms with van der Waals surface area (Å²) in [7, 11) is -4.83. The molecule has 1 rings (SSSR count). The van der Waals surface area contributed by atoms with Crippen molar-refractivity contribution in [3.05, 3.63) is 20.8 Å². The van der Waals surface area contributed by atoms with E-state index in [4.69, 9.17) is 15.5 Å². The summed E-state index contributed by atoms with van der Waals surface area (Å²) in [5.74, 6) is -0.203. The Morgan fingerprint density at radius 1 is 1.17 bits per heavy atom. The van der Waals surface area contributed by atoms with Crippen molar-refractivity contribution in [2.75, 3.05) is 24.2 Å². The Bertz CT molecular complexity index is 682. The number of aliphatic hydroxyl groups excluding tert-OH is 3. The molecule has 0 fully saturated rings. The van der Waals surface area contributed by atoms with Gasteiger partial charge in [-0.25, -0.2) is 9.36 Å². The number of nitrogen functional groups attached to an aromatic ring is 1. The van der Waals surface area contributed by atoms with Crippen LogP contribution in [0.2, 0.25) is 0 Å². The summed E-state index contributed by atoms with van der Waals surface area (Å²) >= 11 is 0. The Balaban J connectivity index is 2.62. The van der Waals surface area contributed by atoms with Gasteiger partial charge in [0.25, 0.3) is 5.56 Å². The molecule has 0 spiro atoms. The van der Waals surface area contributed by atoms with Crippen LogP contribution in [-0.2, 0) is 9.09 Å². The molecule has 1 heterocycles. The van der Waals surface area contributed by atoms with Gasteiger partial charge in [0.2, 0.25) is 0 Å². The maximum Gasteiger partial charge on any atom is 0.469 e.